The molecule has 1 N–H and O–H groups in total. The summed E-state index contributed by atoms with van der Waals surface area (Å²) in [6.07, 6.45) is 1.03. The average Bonchev–Trinajstić information content (AvgIpc) is 2.84. The Kier molecular flexibility index (Phi) is 6.56. The van der Waals surface area contributed by atoms with E-state index >= 15 is 0 Å². The van der Waals surface area contributed by atoms with Crippen LogP contribution in [0.3, 0.4) is 0 Å². The number of nitriles is 1. The highest BCUT2D eigenvalue weighted by Crippen LogP contribution is 2.27. The van der Waals surface area contributed by atoms with Gasteiger partial charge in [0, 0.05) is 23.4 Å². The van der Waals surface area contributed by atoms with Gasteiger partial charge in [0.15, 0.2) is 0 Å². The summed E-state index contributed by atoms with van der Waals surface area (Å²) in [5.41, 5.74) is 3.57. The molecule has 4 rings (SSSR count). The van der Waals surface area contributed by atoms with E-state index in [1.54, 1.807) is 60.7 Å². The Labute approximate surface area is 195 Å². The summed E-state index contributed by atoms with van der Waals surface area (Å²) in [4.78, 5) is 12.3. The highest BCUT2D eigenvalue weighted by molar-refractivity contribution is 5.79. The summed E-state index contributed by atoms with van der Waals surface area (Å²) >= 11 is 0. The third-order valence-electron chi connectivity index (χ3n) is 5.27. The van der Waals surface area contributed by atoms with Crippen LogP contribution in [0.25, 0.3) is 22.3 Å². The zero-order valence-electron chi connectivity index (χ0n) is 17.9. The first-order valence-corrected chi connectivity index (χ1v) is 10.4. The van der Waals surface area contributed by atoms with Crippen molar-refractivity contribution in [1.82, 2.24) is 0 Å². The molecule has 4 aromatic carbocycles. The molecule has 166 valence electrons. The van der Waals surface area contributed by atoms with Crippen LogP contribution in [0.2, 0.25) is 0 Å². The standard InChI is InChI=1S/C28H18F2N2O2/c29-26-13-20(5-11-24(26)21-6-1-18(16-31)2-7-21)14-28(33)34-23-10-12-25(27(30)15-23)22-8-3-19(17-32)4-9-22/h1-13,15-16,31H,14H2. The van der Waals surface area contributed by atoms with Gasteiger partial charge >= 0.3 is 5.97 Å². The van der Waals surface area contributed by atoms with Crippen LogP contribution in [0, 0.1) is 28.4 Å². The van der Waals surface area contributed by atoms with Crippen molar-refractivity contribution in [3.05, 3.63) is 113 Å². The molecule has 0 fully saturated rings. The molecule has 0 spiro atoms. The van der Waals surface area contributed by atoms with Crippen LogP contribution in [0.15, 0.2) is 84.9 Å². The lowest BCUT2D eigenvalue weighted by Gasteiger charge is -2.09. The molecule has 4 nitrogen and oxygen atoms in total. The number of hydrogen-bond acceptors (Lipinski definition) is 4. The van der Waals surface area contributed by atoms with Crippen molar-refractivity contribution in [2.45, 2.75) is 6.42 Å². The van der Waals surface area contributed by atoms with Crippen molar-refractivity contribution in [2.75, 3.05) is 0 Å². The fourth-order valence-electron chi connectivity index (χ4n) is 3.51. The summed E-state index contributed by atoms with van der Waals surface area (Å²) in [6.45, 7) is 0. The van der Waals surface area contributed by atoms with E-state index in [0.29, 0.717) is 38.9 Å². The minimum Gasteiger partial charge on any atom is -0.426 e. The summed E-state index contributed by atoms with van der Waals surface area (Å²) in [7, 11) is 0. The van der Waals surface area contributed by atoms with Crippen molar-refractivity contribution in [2.24, 2.45) is 0 Å². The van der Waals surface area contributed by atoms with Gasteiger partial charge in [-0.3, -0.25) is 4.79 Å². The largest absolute Gasteiger partial charge is 0.426 e. The monoisotopic (exact) mass is 452 g/mol. The van der Waals surface area contributed by atoms with Gasteiger partial charge in [-0.2, -0.15) is 5.26 Å². The van der Waals surface area contributed by atoms with Crippen LogP contribution in [0.1, 0.15) is 16.7 Å². The lowest BCUT2D eigenvalue weighted by molar-refractivity contribution is -0.133. The molecule has 0 aliphatic rings. The first-order valence-electron chi connectivity index (χ1n) is 10.4. The van der Waals surface area contributed by atoms with Gasteiger partial charge in [0.2, 0.25) is 0 Å². The van der Waals surface area contributed by atoms with E-state index in [-0.39, 0.29) is 12.2 Å². The zero-order valence-corrected chi connectivity index (χ0v) is 17.9. The summed E-state index contributed by atoms with van der Waals surface area (Å²) in [5.74, 6) is -1.65. The van der Waals surface area contributed by atoms with E-state index in [2.05, 4.69) is 0 Å². The van der Waals surface area contributed by atoms with E-state index in [1.807, 2.05) is 6.07 Å². The molecule has 0 saturated heterocycles. The van der Waals surface area contributed by atoms with Gasteiger partial charge in [0.05, 0.1) is 18.1 Å². The zero-order chi connectivity index (χ0) is 24.1. The molecule has 0 atom stereocenters. The van der Waals surface area contributed by atoms with Crippen molar-refractivity contribution < 1.29 is 18.3 Å². The second-order valence-corrected chi connectivity index (χ2v) is 7.56. The summed E-state index contributed by atoms with van der Waals surface area (Å²) in [5, 5.41) is 16.1. The minimum absolute atomic E-state index is 0.0447. The maximum atomic E-state index is 14.6. The van der Waals surface area contributed by atoms with Gasteiger partial charge in [-0.05, 0) is 52.6 Å². The van der Waals surface area contributed by atoms with Gasteiger partial charge < -0.3 is 10.1 Å². The molecule has 0 heterocycles. The highest BCUT2D eigenvalue weighted by Gasteiger charge is 2.13. The predicted octanol–water partition coefficient (Wildman–Crippen LogP) is 6.32. The molecule has 0 aliphatic carbocycles. The average molecular weight is 452 g/mol. The Morgan fingerprint density at radius 1 is 0.853 bits per heavy atom. The Balaban J connectivity index is 1.44. The second kappa shape index (κ2) is 9.88. The molecule has 4 aromatic rings. The van der Waals surface area contributed by atoms with Gasteiger partial charge in [0.1, 0.15) is 17.4 Å². The number of rotatable bonds is 6. The van der Waals surface area contributed by atoms with Crippen LogP contribution < -0.4 is 4.74 Å². The Bertz CT molecular complexity index is 1410. The maximum absolute atomic E-state index is 14.6. The Morgan fingerprint density at radius 2 is 1.44 bits per heavy atom. The predicted molar refractivity (Wildman–Crippen MR) is 126 cm³/mol. The van der Waals surface area contributed by atoms with Crippen LogP contribution in [-0.2, 0) is 11.2 Å². The van der Waals surface area contributed by atoms with Crippen LogP contribution >= 0.6 is 0 Å². The number of nitrogens with zero attached hydrogens (tertiary/aromatic N) is 1. The smallest absolute Gasteiger partial charge is 0.315 e. The van der Waals surface area contributed by atoms with Crippen LogP contribution in [-0.4, -0.2) is 12.2 Å². The first-order chi connectivity index (χ1) is 16.5. The molecule has 34 heavy (non-hydrogen) atoms. The normalized spacial score (nSPS) is 10.4. The molecular weight excluding hydrogens is 434 g/mol. The summed E-state index contributed by atoms with van der Waals surface area (Å²) in [6, 6.07) is 24.0. The van der Waals surface area contributed by atoms with Crippen LogP contribution in [0.4, 0.5) is 8.78 Å². The number of ether oxygens (including phenoxy) is 1. The molecule has 0 aliphatic heterocycles. The molecular formula is C28H18F2N2O2. The van der Waals surface area contributed by atoms with Crippen molar-refractivity contribution in [3.8, 4) is 34.1 Å². The van der Waals surface area contributed by atoms with E-state index in [9.17, 15) is 13.6 Å². The minimum atomic E-state index is -0.645. The van der Waals surface area contributed by atoms with Crippen molar-refractivity contribution in [3.63, 3.8) is 0 Å². The number of halogens is 2. The quantitative estimate of drug-likeness (QED) is 0.211. The lowest BCUT2D eigenvalue weighted by Crippen LogP contribution is -2.11. The van der Waals surface area contributed by atoms with E-state index < -0.39 is 17.6 Å². The summed E-state index contributed by atoms with van der Waals surface area (Å²) < 4.78 is 34.5. The molecule has 0 radical (unpaired) electrons. The van der Waals surface area contributed by atoms with E-state index in [0.717, 1.165) is 6.07 Å². The Morgan fingerprint density at radius 3 is 2.00 bits per heavy atom. The van der Waals surface area contributed by atoms with E-state index in [1.165, 1.54) is 24.4 Å². The molecule has 0 aromatic heterocycles. The topological polar surface area (TPSA) is 73.9 Å². The third-order valence-corrected chi connectivity index (χ3v) is 5.27. The van der Waals surface area contributed by atoms with E-state index in [4.69, 9.17) is 15.4 Å². The number of benzene rings is 4. The third kappa shape index (κ3) is 5.05. The number of esters is 1. The molecule has 0 saturated carbocycles. The van der Waals surface area contributed by atoms with Gasteiger partial charge in [-0.25, -0.2) is 8.78 Å². The SMILES string of the molecule is N#Cc1ccc(-c2ccc(OC(=O)Cc3ccc(-c4ccc(C=N)cc4)c(F)c3)cc2F)cc1. The number of nitrogens with one attached hydrogen (secondary N) is 1. The number of hydrogen-bond donors (Lipinski definition) is 1. The maximum Gasteiger partial charge on any atom is 0.315 e. The van der Waals surface area contributed by atoms with Crippen molar-refractivity contribution in [1.29, 1.82) is 10.7 Å². The second-order valence-electron chi connectivity index (χ2n) is 7.56. The highest BCUT2D eigenvalue weighted by atomic mass is 19.1. The fraction of sp³-hybridized carbons (Fsp3) is 0.0357. The molecule has 0 bridgehead atoms. The molecule has 6 heteroatoms. The fourth-order valence-corrected chi connectivity index (χ4v) is 3.51. The van der Waals surface area contributed by atoms with Gasteiger partial charge in [-0.15, -0.1) is 0 Å². The first kappa shape index (κ1) is 22.6. The lowest BCUT2D eigenvalue weighted by atomic mass is 10.0. The number of carbonyl (C=O) groups is 1. The molecule has 0 unspecified atom stereocenters. The number of carbonyl (C=O) groups excluding carboxylic acids is 1. The van der Waals surface area contributed by atoms with Gasteiger partial charge in [0.25, 0.3) is 0 Å². The van der Waals surface area contributed by atoms with Gasteiger partial charge in [-0.1, -0.05) is 48.5 Å². The Hall–Kier alpha value is -4.63. The van der Waals surface area contributed by atoms with Crippen LogP contribution in [0.5, 0.6) is 5.75 Å². The molecule has 0 amide bonds. The van der Waals surface area contributed by atoms with Crippen molar-refractivity contribution >= 4 is 12.2 Å².